The van der Waals surface area contributed by atoms with Crippen LogP contribution < -0.4 is 16.2 Å². The van der Waals surface area contributed by atoms with Crippen molar-refractivity contribution >= 4 is 39.4 Å². The Bertz CT molecular complexity index is 1680. The zero-order valence-corrected chi connectivity index (χ0v) is 21.4. The van der Waals surface area contributed by atoms with Crippen molar-refractivity contribution in [2.24, 2.45) is 5.73 Å². The molecule has 0 aliphatic carbocycles. The molecule has 0 spiro atoms. The number of benzene rings is 2. The van der Waals surface area contributed by atoms with E-state index in [2.05, 4.69) is 16.1 Å². The fraction of sp³-hybridized carbons (Fsp3) is 0.286. The summed E-state index contributed by atoms with van der Waals surface area (Å²) in [5.74, 6) is 0.723. The van der Waals surface area contributed by atoms with E-state index < -0.39 is 0 Å². The molecule has 0 amide bonds. The number of rotatable bonds is 5. The molecule has 6 rings (SSSR count). The first kappa shape index (κ1) is 23.6. The normalized spacial score (nSPS) is 16.1. The molecule has 1 aliphatic rings. The van der Waals surface area contributed by atoms with Crippen LogP contribution in [0.15, 0.2) is 65.6 Å². The van der Waals surface area contributed by atoms with Crippen LogP contribution in [-0.2, 0) is 13.1 Å². The van der Waals surface area contributed by atoms with Gasteiger partial charge in [0.1, 0.15) is 11.0 Å². The lowest BCUT2D eigenvalue weighted by Crippen LogP contribution is -2.44. The summed E-state index contributed by atoms with van der Waals surface area (Å²) in [7, 11) is 0. The third kappa shape index (κ3) is 4.47. The van der Waals surface area contributed by atoms with Gasteiger partial charge >= 0.3 is 0 Å². The molecule has 2 aromatic carbocycles. The van der Waals surface area contributed by atoms with E-state index in [0.29, 0.717) is 29.1 Å². The first-order valence-corrected chi connectivity index (χ1v) is 12.9. The van der Waals surface area contributed by atoms with E-state index in [0.717, 1.165) is 53.1 Å². The maximum atomic E-state index is 13.9. The van der Waals surface area contributed by atoms with E-state index in [1.807, 2.05) is 60.0 Å². The number of aryl methyl sites for hydroxylation is 1. The van der Waals surface area contributed by atoms with E-state index in [-0.39, 0.29) is 18.1 Å². The standard InChI is InChI=1S/C28H28ClN7O/c1-18-13-19-7-2-4-10-22(19)25(32-18)17-36-27(37)26-24(14-31-36)33-28(34-12-6-9-21(30)16-34)35(26)15-20-8-3-5-11-23(20)29/h2-5,7-8,10-11,13-14,21H,6,9,12,15-17,30H2,1H3/t21-/m1/s1. The highest BCUT2D eigenvalue weighted by Crippen LogP contribution is 2.26. The second-order valence-electron chi connectivity index (χ2n) is 9.71. The molecule has 8 nitrogen and oxygen atoms in total. The number of anilines is 1. The molecule has 1 atom stereocenters. The minimum absolute atomic E-state index is 0.0674. The Morgan fingerprint density at radius 1 is 1.08 bits per heavy atom. The Morgan fingerprint density at radius 2 is 1.89 bits per heavy atom. The zero-order valence-electron chi connectivity index (χ0n) is 20.6. The molecule has 1 fully saturated rings. The predicted molar refractivity (Wildman–Crippen MR) is 147 cm³/mol. The maximum absolute atomic E-state index is 13.9. The number of hydrogen-bond acceptors (Lipinski definition) is 6. The Hall–Kier alpha value is -3.75. The number of halogens is 1. The molecule has 5 aromatic rings. The number of hydrogen-bond donors (Lipinski definition) is 1. The van der Waals surface area contributed by atoms with Gasteiger partial charge in [0.05, 0.1) is 25.0 Å². The molecular weight excluding hydrogens is 486 g/mol. The molecule has 0 radical (unpaired) electrons. The number of piperidine rings is 1. The van der Waals surface area contributed by atoms with Crippen LogP contribution in [0.1, 0.15) is 29.8 Å². The summed E-state index contributed by atoms with van der Waals surface area (Å²) in [5, 5.41) is 7.24. The largest absolute Gasteiger partial charge is 0.341 e. The minimum atomic E-state index is -0.211. The highest BCUT2D eigenvalue weighted by atomic mass is 35.5. The average Bonchev–Trinajstić information content (AvgIpc) is 3.26. The summed E-state index contributed by atoms with van der Waals surface area (Å²) in [6, 6.07) is 17.9. The lowest BCUT2D eigenvalue weighted by Gasteiger charge is -2.32. The Morgan fingerprint density at radius 3 is 2.73 bits per heavy atom. The van der Waals surface area contributed by atoms with E-state index >= 15 is 0 Å². The lowest BCUT2D eigenvalue weighted by molar-refractivity contribution is 0.495. The van der Waals surface area contributed by atoms with Crippen molar-refractivity contribution in [3.05, 3.63) is 93.1 Å². The van der Waals surface area contributed by atoms with Gasteiger partial charge in [-0.15, -0.1) is 0 Å². The van der Waals surface area contributed by atoms with E-state index in [1.54, 1.807) is 6.20 Å². The number of pyridine rings is 1. The molecule has 2 N–H and O–H groups in total. The maximum Gasteiger partial charge on any atom is 0.293 e. The summed E-state index contributed by atoms with van der Waals surface area (Å²) >= 11 is 6.53. The van der Waals surface area contributed by atoms with Crippen molar-refractivity contribution in [1.82, 2.24) is 24.3 Å². The number of fused-ring (bicyclic) bond motifs is 2. The van der Waals surface area contributed by atoms with Crippen LogP contribution in [0, 0.1) is 6.92 Å². The van der Waals surface area contributed by atoms with E-state index in [9.17, 15) is 4.79 Å². The van der Waals surface area contributed by atoms with Gasteiger partial charge in [0, 0.05) is 35.2 Å². The highest BCUT2D eigenvalue weighted by Gasteiger charge is 2.25. The Balaban J connectivity index is 1.50. The van der Waals surface area contributed by atoms with Gasteiger partial charge in [-0.3, -0.25) is 9.78 Å². The van der Waals surface area contributed by atoms with Gasteiger partial charge in [-0.25, -0.2) is 9.67 Å². The number of nitrogens with zero attached hydrogens (tertiary/aromatic N) is 6. The molecule has 188 valence electrons. The van der Waals surface area contributed by atoms with Crippen molar-refractivity contribution in [2.45, 2.75) is 38.9 Å². The van der Waals surface area contributed by atoms with Crippen LogP contribution in [0.4, 0.5) is 5.95 Å². The molecule has 0 unspecified atom stereocenters. The van der Waals surface area contributed by atoms with E-state index in [4.69, 9.17) is 27.3 Å². The number of nitrogens with two attached hydrogens (primary N) is 1. The van der Waals surface area contributed by atoms with Crippen molar-refractivity contribution in [1.29, 1.82) is 0 Å². The Kier molecular flexibility index (Phi) is 6.14. The van der Waals surface area contributed by atoms with Gasteiger partial charge in [-0.2, -0.15) is 5.10 Å². The van der Waals surface area contributed by atoms with Crippen LogP contribution in [0.2, 0.25) is 5.02 Å². The molecule has 9 heteroatoms. The summed E-state index contributed by atoms with van der Waals surface area (Å²) in [5.41, 5.74) is 9.77. The lowest BCUT2D eigenvalue weighted by atomic mass is 10.1. The van der Waals surface area contributed by atoms with E-state index in [1.165, 1.54) is 4.68 Å². The fourth-order valence-corrected chi connectivity index (χ4v) is 5.44. The summed E-state index contributed by atoms with van der Waals surface area (Å²) in [6.45, 7) is 4.16. The Labute approximate surface area is 219 Å². The third-order valence-electron chi connectivity index (χ3n) is 7.00. The summed E-state index contributed by atoms with van der Waals surface area (Å²) in [4.78, 5) is 25.7. The van der Waals surface area contributed by atoms with Crippen molar-refractivity contribution in [3.63, 3.8) is 0 Å². The quantitative estimate of drug-likeness (QED) is 0.380. The molecule has 1 saturated heterocycles. The second kappa shape index (κ2) is 9.61. The zero-order chi connectivity index (χ0) is 25.5. The third-order valence-corrected chi connectivity index (χ3v) is 7.37. The van der Waals surface area contributed by atoms with Crippen molar-refractivity contribution < 1.29 is 0 Å². The van der Waals surface area contributed by atoms with Crippen LogP contribution >= 0.6 is 11.6 Å². The molecule has 1 aliphatic heterocycles. The molecule has 4 heterocycles. The van der Waals surface area contributed by atoms with Crippen LogP contribution in [0.25, 0.3) is 21.8 Å². The summed E-state index contributed by atoms with van der Waals surface area (Å²) in [6.07, 6.45) is 3.63. The van der Waals surface area contributed by atoms with Gasteiger partial charge in [0.25, 0.3) is 5.56 Å². The van der Waals surface area contributed by atoms with Gasteiger partial charge in [0.2, 0.25) is 5.95 Å². The van der Waals surface area contributed by atoms with Crippen LogP contribution in [0.3, 0.4) is 0 Å². The van der Waals surface area contributed by atoms with Crippen molar-refractivity contribution in [2.75, 3.05) is 18.0 Å². The van der Waals surface area contributed by atoms with Gasteiger partial charge in [-0.1, -0.05) is 54.1 Å². The SMILES string of the molecule is Cc1cc2ccccc2c(Cn2ncc3nc(N4CCC[C@@H](N)C4)n(Cc4ccccc4Cl)c3c2=O)n1. The number of aromatic nitrogens is 5. The topological polar surface area (TPSA) is 94.9 Å². The minimum Gasteiger partial charge on any atom is -0.341 e. The van der Waals surface area contributed by atoms with Gasteiger partial charge < -0.3 is 15.2 Å². The van der Waals surface area contributed by atoms with Gasteiger partial charge in [-0.05, 0) is 42.8 Å². The average molecular weight is 514 g/mol. The first-order chi connectivity index (χ1) is 18.0. The van der Waals surface area contributed by atoms with Crippen molar-refractivity contribution in [3.8, 4) is 0 Å². The predicted octanol–water partition coefficient (Wildman–Crippen LogP) is 4.13. The van der Waals surface area contributed by atoms with Crippen LogP contribution in [0.5, 0.6) is 0 Å². The monoisotopic (exact) mass is 513 g/mol. The fourth-order valence-electron chi connectivity index (χ4n) is 5.24. The molecule has 3 aromatic heterocycles. The first-order valence-electron chi connectivity index (χ1n) is 12.5. The molecule has 0 bridgehead atoms. The summed E-state index contributed by atoms with van der Waals surface area (Å²) < 4.78 is 3.45. The molecule has 0 saturated carbocycles. The second-order valence-corrected chi connectivity index (χ2v) is 10.1. The smallest absolute Gasteiger partial charge is 0.293 e. The molecular formula is C28H28ClN7O. The van der Waals surface area contributed by atoms with Crippen LogP contribution in [-0.4, -0.2) is 43.4 Å². The number of imidazole rings is 1. The van der Waals surface area contributed by atoms with Gasteiger partial charge in [0.15, 0.2) is 0 Å². The molecule has 37 heavy (non-hydrogen) atoms. The highest BCUT2D eigenvalue weighted by molar-refractivity contribution is 6.31.